The molecule has 1 amide bonds. The van der Waals surface area contributed by atoms with Gasteiger partial charge < -0.3 is 19.2 Å². The molecule has 0 saturated carbocycles. The summed E-state index contributed by atoms with van der Waals surface area (Å²) in [6.45, 7) is 1.35. The minimum absolute atomic E-state index is 0.0793. The van der Waals surface area contributed by atoms with Crippen molar-refractivity contribution in [1.82, 2.24) is 0 Å². The van der Waals surface area contributed by atoms with Crippen molar-refractivity contribution >= 4 is 22.6 Å². The largest absolute Gasteiger partial charge is 0.493 e. The van der Waals surface area contributed by atoms with Gasteiger partial charge in [-0.1, -0.05) is 60.7 Å². The van der Waals surface area contributed by atoms with Crippen LogP contribution in [0.15, 0.2) is 75.9 Å². The van der Waals surface area contributed by atoms with Crippen LogP contribution in [0.1, 0.15) is 6.92 Å². The van der Waals surface area contributed by atoms with E-state index in [9.17, 15) is 9.59 Å². The molecule has 0 spiro atoms. The Morgan fingerprint density at radius 1 is 0.903 bits per heavy atom. The summed E-state index contributed by atoms with van der Waals surface area (Å²) in [5.41, 5.74) is 2.01. The van der Waals surface area contributed by atoms with Crippen LogP contribution in [-0.4, -0.2) is 20.1 Å². The predicted octanol–water partition coefficient (Wildman–Crippen LogP) is 5.10. The number of anilines is 1. The minimum Gasteiger partial charge on any atom is -0.493 e. The number of hydrogen-bond donors (Lipinski definition) is 1. The van der Waals surface area contributed by atoms with Gasteiger partial charge in [-0.25, -0.2) is 0 Å². The fourth-order valence-electron chi connectivity index (χ4n) is 3.63. The number of rotatable bonds is 5. The Balaban J connectivity index is 2.19. The van der Waals surface area contributed by atoms with Gasteiger partial charge in [0.25, 0.3) is 0 Å². The Morgan fingerprint density at radius 2 is 1.52 bits per heavy atom. The van der Waals surface area contributed by atoms with Crippen LogP contribution < -0.4 is 20.2 Å². The Labute approximate surface area is 179 Å². The number of carbonyl (C=O) groups is 1. The maximum absolute atomic E-state index is 13.7. The zero-order valence-corrected chi connectivity index (χ0v) is 17.4. The first-order valence-corrected chi connectivity index (χ1v) is 9.69. The maximum atomic E-state index is 13.7. The van der Waals surface area contributed by atoms with Crippen LogP contribution in [0.25, 0.3) is 33.4 Å². The molecule has 0 saturated heterocycles. The van der Waals surface area contributed by atoms with E-state index in [4.69, 9.17) is 13.9 Å². The molecule has 6 heteroatoms. The van der Waals surface area contributed by atoms with E-state index in [2.05, 4.69) is 5.32 Å². The lowest BCUT2D eigenvalue weighted by Gasteiger charge is -2.17. The van der Waals surface area contributed by atoms with E-state index in [1.807, 2.05) is 60.7 Å². The molecule has 31 heavy (non-hydrogen) atoms. The summed E-state index contributed by atoms with van der Waals surface area (Å²) in [4.78, 5) is 25.7. The molecule has 0 fully saturated rings. The first-order chi connectivity index (χ1) is 15.0. The summed E-state index contributed by atoms with van der Waals surface area (Å²) < 4.78 is 17.4. The van der Waals surface area contributed by atoms with Gasteiger partial charge in [-0.15, -0.1) is 0 Å². The van der Waals surface area contributed by atoms with E-state index >= 15 is 0 Å². The fraction of sp³-hybridized carbons (Fsp3) is 0.120. The van der Waals surface area contributed by atoms with Gasteiger partial charge in [0.05, 0.1) is 19.6 Å². The minimum atomic E-state index is -0.370. The average Bonchev–Trinajstić information content (AvgIpc) is 2.80. The first kappa shape index (κ1) is 20.2. The zero-order valence-electron chi connectivity index (χ0n) is 17.4. The third-order valence-corrected chi connectivity index (χ3v) is 4.93. The molecule has 4 rings (SSSR count). The van der Waals surface area contributed by atoms with E-state index in [1.54, 1.807) is 6.07 Å². The highest BCUT2D eigenvalue weighted by atomic mass is 16.5. The van der Waals surface area contributed by atoms with Gasteiger partial charge in [-0.2, -0.15) is 0 Å². The van der Waals surface area contributed by atoms with Gasteiger partial charge in [0.1, 0.15) is 11.3 Å². The molecule has 1 aromatic heterocycles. The molecular weight excluding hydrogens is 394 g/mol. The topological polar surface area (TPSA) is 77.8 Å². The smallest absolute Gasteiger partial charge is 0.221 e. The van der Waals surface area contributed by atoms with Crippen molar-refractivity contribution in [1.29, 1.82) is 0 Å². The SMILES string of the molecule is COc1cc2oc(-c3ccccc3)c(NC(C)=O)c(=O)c2c(-c2ccccc2)c1OC. The quantitative estimate of drug-likeness (QED) is 0.491. The third kappa shape index (κ3) is 3.64. The molecule has 0 radical (unpaired) electrons. The van der Waals surface area contributed by atoms with E-state index < -0.39 is 0 Å². The van der Waals surface area contributed by atoms with E-state index in [1.165, 1.54) is 21.1 Å². The molecule has 156 valence electrons. The number of carbonyl (C=O) groups excluding carboxylic acids is 1. The van der Waals surface area contributed by atoms with Crippen LogP contribution in [0.2, 0.25) is 0 Å². The molecule has 1 heterocycles. The molecule has 0 bridgehead atoms. The highest BCUT2D eigenvalue weighted by Gasteiger charge is 2.25. The van der Waals surface area contributed by atoms with Crippen molar-refractivity contribution in [2.24, 2.45) is 0 Å². The van der Waals surface area contributed by atoms with Gasteiger partial charge in [-0.3, -0.25) is 9.59 Å². The summed E-state index contributed by atoms with van der Waals surface area (Å²) in [6.07, 6.45) is 0. The van der Waals surface area contributed by atoms with Gasteiger partial charge >= 0.3 is 0 Å². The average molecular weight is 415 g/mol. The molecule has 6 nitrogen and oxygen atoms in total. The van der Waals surface area contributed by atoms with Crippen molar-refractivity contribution in [3.05, 3.63) is 77.0 Å². The van der Waals surface area contributed by atoms with Crippen LogP contribution in [-0.2, 0) is 4.79 Å². The number of hydrogen-bond acceptors (Lipinski definition) is 5. The lowest BCUT2D eigenvalue weighted by molar-refractivity contribution is -0.114. The highest BCUT2D eigenvalue weighted by molar-refractivity contribution is 6.03. The Hall–Kier alpha value is -4.06. The molecule has 0 atom stereocenters. The van der Waals surface area contributed by atoms with Gasteiger partial charge in [0, 0.05) is 24.1 Å². The Kier molecular flexibility index (Phi) is 5.45. The van der Waals surface area contributed by atoms with Crippen LogP contribution in [0.3, 0.4) is 0 Å². The summed E-state index contributed by atoms with van der Waals surface area (Å²) in [5, 5.41) is 2.96. The second kappa shape index (κ2) is 8.36. The molecule has 0 aliphatic rings. The van der Waals surface area contributed by atoms with Gasteiger partial charge in [-0.05, 0) is 5.56 Å². The van der Waals surface area contributed by atoms with Crippen LogP contribution in [0.4, 0.5) is 5.69 Å². The van der Waals surface area contributed by atoms with Crippen LogP contribution in [0.5, 0.6) is 11.5 Å². The van der Waals surface area contributed by atoms with E-state index in [-0.39, 0.29) is 22.8 Å². The van der Waals surface area contributed by atoms with Crippen LogP contribution >= 0.6 is 0 Å². The normalized spacial score (nSPS) is 10.7. The molecular formula is C25H21NO5. The van der Waals surface area contributed by atoms with Gasteiger partial charge in [0.15, 0.2) is 17.3 Å². The monoisotopic (exact) mass is 415 g/mol. The number of fused-ring (bicyclic) bond motifs is 1. The number of ether oxygens (including phenoxy) is 2. The highest BCUT2D eigenvalue weighted by Crippen LogP contribution is 2.44. The zero-order chi connectivity index (χ0) is 22.0. The summed E-state index contributed by atoms with van der Waals surface area (Å²) >= 11 is 0. The van der Waals surface area contributed by atoms with Crippen molar-refractivity contribution in [3.63, 3.8) is 0 Å². The van der Waals surface area contributed by atoms with Crippen molar-refractivity contribution in [3.8, 4) is 33.9 Å². The van der Waals surface area contributed by atoms with Crippen molar-refractivity contribution in [2.75, 3.05) is 19.5 Å². The number of amides is 1. The second-order valence-corrected chi connectivity index (χ2v) is 6.91. The van der Waals surface area contributed by atoms with Crippen molar-refractivity contribution < 1.29 is 18.7 Å². The second-order valence-electron chi connectivity index (χ2n) is 6.91. The molecule has 0 aliphatic carbocycles. The Bertz CT molecular complexity index is 1310. The molecule has 0 unspecified atom stereocenters. The fourth-order valence-corrected chi connectivity index (χ4v) is 3.63. The molecule has 0 aliphatic heterocycles. The van der Waals surface area contributed by atoms with E-state index in [0.717, 1.165) is 5.56 Å². The third-order valence-electron chi connectivity index (χ3n) is 4.93. The summed E-state index contributed by atoms with van der Waals surface area (Å²) in [7, 11) is 3.05. The van der Waals surface area contributed by atoms with E-state index in [0.29, 0.717) is 33.6 Å². The number of methoxy groups -OCH3 is 2. The standard InChI is InChI=1S/C25H21NO5/c1-15(27)26-22-23(28)21-18(31-24(22)17-12-8-5-9-13-17)14-19(29-2)25(30-3)20(21)16-10-6-4-7-11-16/h4-14H,1-3H3,(H,26,27). The van der Waals surface area contributed by atoms with Crippen LogP contribution in [0, 0.1) is 0 Å². The lowest BCUT2D eigenvalue weighted by atomic mass is 9.97. The first-order valence-electron chi connectivity index (χ1n) is 9.69. The summed E-state index contributed by atoms with van der Waals surface area (Å²) in [6, 6.07) is 20.2. The van der Waals surface area contributed by atoms with Crippen molar-refractivity contribution in [2.45, 2.75) is 6.92 Å². The molecule has 3 aromatic carbocycles. The molecule has 1 N–H and O–H groups in total. The Morgan fingerprint density at radius 3 is 2.06 bits per heavy atom. The molecule has 4 aromatic rings. The summed E-state index contributed by atoms with van der Waals surface area (Å²) in [5.74, 6) is 0.753. The number of benzene rings is 3. The maximum Gasteiger partial charge on any atom is 0.221 e. The number of nitrogens with one attached hydrogen (secondary N) is 1. The van der Waals surface area contributed by atoms with Gasteiger partial charge in [0.2, 0.25) is 11.3 Å². The lowest BCUT2D eigenvalue weighted by Crippen LogP contribution is -2.17. The predicted molar refractivity (Wildman–Crippen MR) is 121 cm³/mol.